The van der Waals surface area contributed by atoms with E-state index in [1.807, 2.05) is 30.3 Å². The van der Waals surface area contributed by atoms with Crippen molar-refractivity contribution in [1.82, 2.24) is 0 Å². The third kappa shape index (κ3) is 3.78. The first kappa shape index (κ1) is 15.9. The fraction of sp³-hybridized carbons (Fsp3) is 0.500. The Bertz CT molecular complexity index is 480. The van der Waals surface area contributed by atoms with Crippen LogP contribution in [0.3, 0.4) is 0 Å². The average Bonchev–Trinajstić information content (AvgIpc) is 2.49. The van der Waals surface area contributed by atoms with Gasteiger partial charge in [0.05, 0.1) is 13.0 Å². The lowest BCUT2D eigenvalue weighted by molar-refractivity contribution is -0.594. The summed E-state index contributed by atoms with van der Waals surface area (Å²) in [5.74, 6) is 0.352. The summed E-state index contributed by atoms with van der Waals surface area (Å²) in [5.41, 5.74) is 6.85. The number of ether oxygens (including phenoxy) is 1. The largest absolute Gasteiger partial charge is 0.394 e. The topological polar surface area (TPSA) is 130 Å². The molecule has 1 saturated heterocycles. The van der Waals surface area contributed by atoms with Crippen LogP contribution in [0.5, 0.6) is 0 Å². The van der Waals surface area contributed by atoms with Gasteiger partial charge in [-0.05, 0) is 5.56 Å². The zero-order valence-electron chi connectivity index (χ0n) is 11.5. The normalized spacial score (nSPS) is 33.9. The van der Waals surface area contributed by atoms with Gasteiger partial charge in [0.15, 0.2) is 0 Å². The summed E-state index contributed by atoms with van der Waals surface area (Å²) >= 11 is 0. The molecule has 7 heteroatoms. The van der Waals surface area contributed by atoms with Crippen LogP contribution in [0.1, 0.15) is 5.56 Å². The van der Waals surface area contributed by atoms with Crippen LogP contribution in [-0.4, -0.2) is 63.5 Å². The lowest BCUT2D eigenvalue weighted by atomic mass is 9.98. The van der Waals surface area contributed by atoms with E-state index >= 15 is 0 Å². The molecule has 116 valence electrons. The van der Waals surface area contributed by atoms with Crippen LogP contribution in [-0.2, 0) is 11.2 Å². The molecule has 0 saturated carbocycles. The van der Waals surface area contributed by atoms with Crippen LogP contribution < -0.4 is 10.7 Å². The molecule has 1 aromatic rings. The van der Waals surface area contributed by atoms with Crippen molar-refractivity contribution >= 4 is 5.84 Å². The Kier molecular flexibility index (Phi) is 5.27. The van der Waals surface area contributed by atoms with Crippen molar-refractivity contribution in [3.8, 4) is 0 Å². The molecule has 0 aromatic heterocycles. The van der Waals surface area contributed by atoms with E-state index < -0.39 is 37.3 Å². The molecule has 0 spiro atoms. The number of hydrogen-bond donors (Lipinski definition) is 6. The van der Waals surface area contributed by atoms with E-state index in [4.69, 9.17) is 15.6 Å². The van der Waals surface area contributed by atoms with Gasteiger partial charge in [0, 0.05) is 0 Å². The van der Waals surface area contributed by atoms with Gasteiger partial charge in [0.2, 0.25) is 12.1 Å². The van der Waals surface area contributed by atoms with E-state index in [9.17, 15) is 15.3 Å². The van der Waals surface area contributed by atoms with Gasteiger partial charge in [-0.2, -0.15) is 0 Å². The molecule has 1 aliphatic heterocycles. The molecule has 0 bridgehead atoms. The predicted octanol–water partition coefficient (Wildman–Crippen LogP) is -3.53. The first-order valence-corrected chi connectivity index (χ1v) is 6.75. The van der Waals surface area contributed by atoms with Gasteiger partial charge in [-0.25, -0.2) is 4.99 Å². The quantitative estimate of drug-likeness (QED) is 0.252. The zero-order valence-corrected chi connectivity index (χ0v) is 11.5. The second-order valence-corrected chi connectivity index (χ2v) is 5.08. The summed E-state index contributed by atoms with van der Waals surface area (Å²) in [4.78, 5) is 2.77. The third-order valence-electron chi connectivity index (χ3n) is 3.46. The molecule has 21 heavy (non-hydrogen) atoms. The molecular weight excluding hydrogens is 276 g/mol. The Morgan fingerprint density at radius 1 is 1.10 bits per heavy atom. The summed E-state index contributed by atoms with van der Waals surface area (Å²) in [6, 6.07) is 9.47. The molecule has 5 atom stereocenters. The van der Waals surface area contributed by atoms with Gasteiger partial charge in [-0.1, -0.05) is 30.3 Å². The molecule has 1 aromatic carbocycles. The maximum absolute atomic E-state index is 9.89. The molecule has 0 aliphatic carbocycles. The minimum absolute atomic E-state index is 0.352. The summed E-state index contributed by atoms with van der Waals surface area (Å²) < 4.78 is 5.32. The highest BCUT2D eigenvalue weighted by Crippen LogP contribution is 2.17. The number of nitrogens with one attached hydrogen (secondary N) is 1. The minimum atomic E-state index is -1.42. The van der Waals surface area contributed by atoms with E-state index in [0.717, 1.165) is 5.56 Å². The Hall–Kier alpha value is -1.51. The van der Waals surface area contributed by atoms with Crippen molar-refractivity contribution < 1.29 is 30.2 Å². The van der Waals surface area contributed by atoms with E-state index in [1.165, 1.54) is 0 Å². The highest BCUT2D eigenvalue weighted by Gasteiger charge is 2.44. The standard InChI is InChI=1S/C14H20N2O5/c15-10(6-8-4-2-1-3-5-8)16-14-13(20)12(19)11(18)9(7-17)21-14/h1-5,9,11-14,17-20H,6-7H2,(H2,15,16)/p+1. The monoisotopic (exact) mass is 297 g/mol. The van der Waals surface area contributed by atoms with Crippen molar-refractivity contribution in [2.24, 2.45) is 5.73 Å². The molecule has 2 rings (SSSR count). The van der Waals surface area contributed by atoms with Crippen LogP contribution in [0.25, 0.3) is 0 Å². The molecule has 0 radical (unpaired) electrons. The van der Waals surface area contributed by atoms with Gasteiger partial charge in [-0.3, -0.25) is 5.73 Å². The Morgan fingerprint density at radius 2 is 1.76 bits per heavy atom. The van der Waals surface area contributed by atoms with Gasteiger partial charge in [0.25, 0.3) is 0 Å². The molecule has 5 unspecified atom stereocenters. The van der Waals surface area contributed by atoms with E-state index in [-0.39, 0.29) is 0 Å². The first-order chi connectivity index (χ1) is 10.0. The van der Waals surface area contributed by atoms with Crippen LogP contribution in [0.2, 0.25) is 0 Å². The third-order valence-corrected chi connectivity index (χ3v) is 3.46. The van der Waals surface area contributed by atoms with Crippen molar-refractivity contribution in [2.45, 2.75) is 37.1 Å². The number of aliphatic hydroxyl groups excluding tert-OH is 4. The van der Waals surface area contributed by atoms with Gasteiger partial charge in [-0.15, -0.1) is 0 Å². The minimum Gasteiger partial charge on any atom is -0.394 e. The summed E-state index contributed by atoms with van der Waals surface area (Å²) in [6.07, 6.45) is -5.67. The number of nitrogens with two attached hydrogens (primary N) is 1. The molecule has 0 amide bonds. The van der Waals surface area contributed by atoms with Crippen molar-refractivity contribution in [3.05, 3.63) is 35.9 Å². The number of hydrogen-bond acceptors (Lipinski definition) is 5. The predicted molar refractivity (Wildman–Crippen MR) is 74.1 cm³/mol. The SMILES string of the molecule is N/C(Cc1ccccc1)=[NH+]\C1OC(CO)C(O)C(O)C1O. The molecule has 1 fully saturated rings. The van der Waals surface area contributed by atoms with Crippen LogP contribution >= 0.6 is 0 Å². The van der Waals surface area contributed by atoms with Crippen LogP contribution in [0.15, 0.2) is 30.3 Å². The number of rotatable bonds is 4. The van der Waals surface area contributed by atoms with Crippen LogP contribution in [0, 0.1) is 0 Å². The maximum Gasteiger partial charge on any atom is 0.247 e. The fourth-order valence-electron chi connectivity index (χ4n) is 2.27. The van der Waals surface area contributed by atoms with Crippen molar-refractivity contribution in [1.29, 1.82) is 0 Å². The summed E-state index contributed by atoms with van der Waals surface area (Å²) in [7, 11) is 0. The number of amidine groups is 1. The molecule has 7 N–H and O–H groups in total. The van der Waals surface area contributed by atoms with Crippen molar-refractivity contribution in [2.75, 3.05) is 6.61 Å². The van der Waals surface area contributed by atoms with Gasteiger partial charge >= 0.3 is 0 Å². The molecule has 1 aliphatic rings. The lowest BCUT2D eigenvalue weighted by Crippen LogP contribution is -2.88. The molecular formula is C14H21N2O5+. The van der Waals surface area contributed by atoms with E-state index in [2.05, 4.69) is 4.99 Å². The zero-order chi connectivity index (χ0) is 15.4. The summed E-state index contributed by atoms with van der Waals surface area (Å²) in [6.45, 7) is -0.471. The van der Waals surface area contributed by atoms with E-state index in [0.29, 0.717) is 12.3 Å². The molecule has 7 nitrogen and oxygen atoms in total. The fourth-order valence-corrected chi connectivity index (χ4v) is 2.27. The first-order valence-electron chi connectivity index (χ1n) is 6.75. The number of aliphatic hydroxyl groups is 4. The second kappa shape index (κ2) is 6.97. The molecule has 1 heterocycles. The van der Waals surface area contributed by atoms with Gasteiger partial charge < -0.3 is 25.2 Å². The van der Waals surface area contributed by atoms with Crippen molar-refractivity contribution in [3.63, 3.8) is 0 Å². The van der Waals surface area contributed by atoms with Crippen LogP contribution in [0.4, 0.5) is 0 Å². The number of benzene rings is 1. The highest BCUT2D eigenvalue weighted by molar-refractivity contribution is 5.77. The highest BCUT2D eigenvalue weighted by atomic mass is 16.6. The van der Waals surface area contributed by atoms with Gasteiger partial charge in [0.1, 0.15) is 24.4 Å². The smallest absolute Gasteiger partial charge is 0.247 e. The van der Waals surface area contributed by atoms with E-state index in [1.54, 1.807) is 0 Å². The Balaban J connectivity index is 2.07. The average molecular weight is 297 g/mol. The summed E-state index contributed by atoms with van der Waals surface area (Å²) in [5, 5.41) is 38.4. The Labute approximate surface area is 122 Å². The Morgan fingerprint density at radius 3 is 2.38 bits per heavy atom. The lowest BCUT2D eigenvalue weighted by Gasteiger charge is -2.37. The maximum atomic E-state index is 9.89. The second-order valence-electron chi connectivity index (χ2n) is 5.08.